The number of anilines is 1. The fraction of sp³-hybridized carbons (Fsp3) is 0.188. The number of nitrogens with one attached hydrogen (secondary N) is 4. The van der Waals surface area contributed by atoms with E-state index in [0.29, 0.717) is 4.68 Å². The standard InChI is InChI=1S/C32H26F3N9O4/c33-32(34,35)26-24-25(44(41-26)22-8-5-7-19(16-22)27-38-29(46)40-39-27)28(45)43(31(48)37-24)30(47)36-21-12-10-18(11-13-21)23-9-2-1-6-20(23)17-42-14-3-4-15-42/h1-2,5-13,16H,3-4,14-15,17H2,(H,36,47)(H,37,48)(H2,38,39,40,46). The Morgan fingerprint density at radius 2 is 1.65 bits per heavy atom. The van der Waals surface area contributed by atoms with Crippen molar-refractivity contribution < 1.29 is 18.0 Å². The van der Waals surface area contributed by atoms with Crippen LogP contribution >= 0.6 is 0 Å². The van der Waals surface area contributed by atoms with Crippen LogP contribution in [0.4, 0.5) is 23.7 Å². The molecule has 3 aromatic heterocycles. The quantitative estimate of drug-likeness (QED) is 0.207. The van der Waals surface area contributed by atoms with E-state index in [2.05, 4.69) is 36.6 Å². The third-order valence-electron chi connectivity index (χ3n) is 8.12. The Hall–Kier alpha value is -6.03. The van der Waals surface area contributed by atoms with Gasteiger partial charge in [-0.2, -0.15) is 27.9 Å². The Kier molecular flexibility index (Phi) is 7.63. The maximum absolute atomic E-state index is 14.0. The number of hydrogen-bond donors (Lipinski definition) is 4. The van der Waals surface area contributed by atoms with E-state index in [1.54, 1.807) is 24.3 Å². The van der Waals surface area contributed by atoms with Gasteiger partial charge in [0, 0.05) is 17.8 Å². The normalized spacial score (nSPS) is 13.7. The first-order chi connectivity index (χ1) is 23.1. The molecule has 48 heavy (non-hydrogen) atoms. The van der Waals surface area contributed by atoms with Crippen molar-refractivity contribution >= 4 is 22.8 Å². The Labute approximate surface area is 267 Å². The number of likely N-dealkylation sites (tertiary alicyclic amines) is 1. The van der Waals surface area contributed by atoms with E-state index in [0.717, 1.165) is 36.3 Å². The zero-order valence-electron chi connectivity index (χ0n) is 25.0. The number of aromatic amines is 3. The summed E-state index contributed by atoms with van der Waals surface area (Å²) in [7, 11) is 0. The molecule has 244 valence electrons. The van der Waals surface area contributed by atoms with Crippen molar-refractivity contribution in [1.29, 1.82) is 0 Å². The summed E-state index contributed by atoms with van der Waals surface area (Å²) < 4.78 is 43.0. The van der Waals surface area contributed by atoms with Gasteiger partial charge in [0.2, 0.25) is 0 Å². The first-order valence-corrected chi connectivity index (χ1v) is 14.9. The smallest absolute Gasteiger partial charge is 0.307 e. The summed E-state index contributed by atoms with van der Waals surface area (Å²) in [6, 6.07) is 19.3. The maximum atomic E-state index is 14.0. The first kappa shape index (κ1) is 30.6. The number of carbonyl (C=O) groups is 1. The van der Waals surface area contributed by atoms with Crippen LogP contribution in [-0.4, -0.2) is 58.5 Å². The van der Waals surface area contributed by atoms with Crippen LogP contribution in [-0.2, 0) is 12.7 Å². The summed E-state index contributed by atoms with van der Waals surface area (Å²) in [6.45, 7) is 2.89. The highest BCUT2D eigenvalue weighted by molar-refractivity contribution is 5.93. The van der Waals surface area contributed by atoms with E-state index in [4.69, 9.17) is 0 Å². The fourth-order valence-corrected chi connectivity index (χ4v) is 5.89. The number of hydrogen-bond acceptors (Lipinski definition) is 7. The maximum Gasteiger partial charge on any atom is 0.437 e. The molecule has 13 nitrogen and oxygen atoms in total. The Bertz CT molecular complexity index is 2340. The number of carbonyl (C=O) groups excluding carboxylic acids is 1. The molecular weight excluding hydrogens is 631 g/mol. The lowest BCUT2D eigenvalue weighted by atomic mass is 9.99. The number of amides is 1. The molecule has 1 aliphatic rings. The molecule has 7 rings (SSSR count). The average molecular weight is 658 g/mol. The summed E-state index contributed by atoms with van der Waals surface area (Å²) in [5.74, 6) is 0.0839. The van der Waals surface area contributed by atoms with Gasteiger partial charge in [0.05, 0.1) is 5.69 Å². The van der Waals surface area contributed by atoms with Crippen LogP contribution in [0.5, 0.6) is 0 Å². The number of benzene rings is 3. The van der Waals surface area contributed by atoms with E-state index in [-0.39, 0.29) is 27.3 Å². The minimum absolute atomic E-state index is 0.0337. The number of H-pyrrole nitrogens is 3. The Balaban J connectivity index is 1.23. The van der Waals surface area contributed by atoms with Gasteiger partial charge in [-0.3, -0.25) is 14.7 Å². The van der Waals surface area contributed by atoms with Crippen molar-refractivity contribution in [3.63, 3.8) is 0 Å². The number of fused-ring (bicyclic) bond motifs is 1. The molecular formula is C32H26F3N9O4. The second kappa shape index (κ2) is 12.0. The van der Waals surface area contributed by atoms with Crippen molar-refractivity contribution in [2.75, 3.05) is 18.4 Å². The lowest BCUT2D eigenvalue weighted by Crippen LogP contribution is -2.42. The van der Waals surface area contributed by atoms with Gasteiger partial charge in [0.1, 0.15) is 5.52 Å². The minimum Gasteiger partial charge on any atom is -0.307 e. The van der Waals surface area contributed by atoms with E-state index in [9.17, 15) is 32.3 Å². The predicted molar refractivity (Wildman–Crippen MR) is 170 cm³/mol. The summed E-state index contributed by atoms with van der Waals surface area (Å²) in [4.78, 5) is 58.3. The highest BCUT2D eigenvalue weighted by atomic mass is 19.4. The Morgan fingerprint density at radius 3 is 2.35 bits per heavy atom. The first-order valence-electron chi connectivity index (χ1n) is 14.9. The molecule has 3 aromatic carbocycles. The molecule has 0 aliphatic carbocycles. The van der Waals surface area contributed by atoms with Crippen LogP contribution in [0.1, 0.15) is 24.1 Å². The number of halogens is 3. The van der Waals surface area contributed by atoms with Gasteiger partial charge in [-0.05, 0) is 66.9 Å². The second-order valence-electron chi connectivity index (χ2n) is 11.3. The third-order valence-corrected chi connectivity index (χ3v) is 8.12. The molecule has 1 amide bonds. The number of alkyl halides is 3. The van der Waals surface area contributed by atoms with Crippen molar-refractivity contribution in [3.05, 3.63) is 115 Å². The van der Waals surface area contributed by atoms with Gasteiger partial charge in [-0.1, -0.05) is 48.5 Å². The van der Waals surface area contributed by atoms with Crippen LogP contribution in [0.25, 0.3) is 39.2 Å². The molecule has 6 aromatic rings. The van der Waals surface area contributed by atoms with E-state index in [1.807, 2.05) is 23.2 Å². The van der Waals surface area contributed by atoms with Gasteiger partial charge >= 0.3 is 23.6 Å². The molecule has 4 N–H and O–H groups in total. The molecule has 1 fully saturated rings. The lowest BCUT2D eigenvalue weighted by molar-refractivity contribution is -0.140. The zero-order valence-corrected chi connectivity index (χ0v) is 25.0. The summed E-state index contributed by atoms with van der Waals surface area (Å²) in [5, 5.41) is 12.1. The molecule has 1 aliphatic heterocycles. The van der Waals surface area contributed by atoms with E-state index >= 15 is 0 Å². The second-order valence-corrected chi connectivity index (χ2v) is 11.3. The average Bonchev–Trinajstić information content (AvgIpc) is 3.82. The largest absolute Gasteiger partial charge is 0.437 e. The number of aromatic nitrogens is 7. The van der Waals surface area contributed by atoms with Crippen LogP contribution in [0.3, 0.4) is 0 Å². The topological polar surface area (TPSA) is 167 Å². The summed E-state index contributed by atoms with van der Waals surface area (Å²) in [5.41, 5.74) is -2.88. The third kappa shape index (κ3) is 5.72. The molecule has 0 spiro atoms. The molecule has 16 heteroatoms. The van der Waals surface area contributed by atoms with Gasteiger partial charge in [-0.15, -0.1) is 0 Å². The van der Waals surface area contributed by atoms with E-state index in [1.165, 1.54) is 37.1 Å². The van der Waals surface area contributed by atoms with Gasteiger partial charge in [0.15, 0.2) is 17.0 Å². The van der Waals surface area contributed by atoms with Gasteiger partial charge in [0.25, 0.3) is 5.56 Å². The summed E-state index contributed by atoms with van der Waals surface area (Å²) >= 11 is 0. The number of rotatable bonds is 6. The van der Waals surface area contributed by atoms with Crippen LogP contribution < -0.4 is 22.3 Å². The van der Waals surface area contributed by atoms with Crippen molar-refractivity contribution in [2.45, 2.75) is 25.6 Å². The van der Waals surface area contributed by atoms with Crippen molar-refractivity contribution in [3.8, 4) is 28.2 Å². The van der Waals surface area contributed by atoms with Crippen molar-refractivity contribution in [1.82, 2.24) is 39.4 Å². The summed E-state index contributed by atoms with van der Waals surface area (Å²) in [6.07, 6.45) is -2.72. The van der Waals surface area contributed by atoms with Crippen molar-refractivity contribution in [2.24, 2.45) is 0 Å². The SMILES string of the molecule is O=C(Nc1ccc(-c2ccccc2CN2CCCC2)cc1)n1c(=O)[nH]c2c(C(F)(F)F)nn(-c3cccc(-c4n[nH]c(=O)[nH]4)c3)c2c1=O. The van der Waals surface area contributed by atoms with Gasteiger partial charge < -0.3 is 10.3 Å². The molecule has 0 atom stereocenters. The Morgan fingerprint density at radius 1 is 0.896 bits per heavy atom. The van der Waals surface area contributed by atoms with E-state index < -0.39 is 45.9 Å². The van der Waals surface area contributed by atoms with Crippen LogP contribution in [0, 0.1) is 0 Å². The van der Waals surface area contributed by atoms with Crippen LogP contribution in [0.2, 0.25) is 0 Å². The van der Waals surface area contributed by atoms with Crippen LogP contribution in [0.15, 0.2) is 87.2 Å². The molecule has 0 bridgehead atoms. The fourth-order valence-electron chi connectivity index (χ4n) is 5.89. The zero-order chi connectivity index (χ0) is 33.6. The molecule has 0 unspecified atom stereocenters. The predicted octanol–water partition coefficient (Wildman–Crippen LogP) is 4.32. The minimum atomic E-state index is -5.06. The highest BCUT2D eigenvalue weighted by Crippen LogP contribution is 2.33. The molecule has 1 saturated heterocycles. The van der Waals surface area contributed by atoms with Gasteiger partial charge in [-0.25, -0.2) is 24.2 Å². The highest BCUT2D eigenvalue weighted by Gasteiger charge is 2.39. The molecule has 0 saturated carbocycles. The number of nitrogens with zero attached hydrogens (tertiary/aromatic N) is 5. The monoisotopic (exact) mass is 657 g/mol. The molecule has 4 heterocycles. The lowest BCUT2D eigenvalue weighted by Gasteiger charge is -2.18. The molecule has 0 radical (unpaired) electrons.